The Morgan fingerprint density at radius 1 is 1.44 bits per heavy atom. The minimum atomic E-state index is 1.06. The Balaban J connectivity index is 2.85. The summed E-state index contributed by atoms with van der Waals surface area (Å²) in [4.78, 5) is 0. The molecule has 0 bridgehead atoms. The van der Waals surface area contributed by atoms with E-state index in [2.05, 4.69) is 41.7 Å². The number of nitrogens with zero attached hydrogens (tertiary/aromatic N) is 2. The van der Waals surface area contributed by atoms with Gasteiger partial charge in [0.05, 0.1) is 12.7 Å². The van der Waals surface area contributed by atoms with E-state index in [1.54, 1.807) is 0 Å². The first-order chi connectivity index (χ1) is 4.38. The molecule has 0 unspecified atom stereocenters. The fourth-order valence-electron chi connectivity index (χ4n) is 0.983. The molecule has 9 heavy (non-hydrogen) atoms. The third-order valence-electron chi connectivity index (χ3n) is 1.49. The van der Waals surface area contributed by atoms with Crippen LogP contribution in [0, 0.1) is 0 Å². The summed E-state index contributed by atoms with van der Waals surface area (Å²) >= 11 is 0. The van der Waals surface area contributed by atoms with E-state index >= 15 is 0 Å². The summed E-state index contributed by atoms with van der Waals surface area (Å²) in [5, 5.41) is 0. The maximum absolute atomic E-state index is 2.18. The predicted molar refractivity (Wildman–Crippen MR) is 36.0 cm³/mol. The molecule has 0 fully saturated rings. The summed E-state index contributed by atoms with van der Waals surface area (Å²) in [6.07, 6.45) is 4.17. The van der Waals surface area contributed by atoms with Crippen LogP contribution < -0.4 is 4.68 Å². The third-order valence-corrected chi connectivity index (χ3v) is 1.49. The van der Waals surface area contributed by atoms with Gasteiger partial charge in [-0.15, -0.1) is 4.68 Å². The van der Waals surface area contributed by atoms with Crippen molar-refractivity contribution in [3.63, 3.8) is 0 Å². The van der Waals surface area contributed by atoms with Gasteiger partial charge in [-0.25, -0.2) is 0 Å². The first-order valence-electron chi connectivity index (χ1n) is 3.43. The Hall–Kier alpha value is -0.790. The fraction of sp³-hybridized carbons (Fsp3) is 0.571. The molecule has 0 radical (unpaired) electrons. The molecule has 0 amide bonds. The summed E-state index contributed by atoms with van der Waals surface area (Å²) in [7, 11) is 0. The van der Waals surface area contributed by atoms with Gasteiger partial charge in [0.2, 0.25) is 0 Å². The topological polar surface area (TPSA) is 8.81 Å². The second-order valence-corrected chi connectivity index (χ2v) is 2.00. The smallest absolute Gasteiger partial charge is 0.161 e. The van der Waals surface area contributed by atoms with Gasteiger partial charge in [0.15, 0.2) is 12.7 Å². The van der Waals surface area contributed by atoms with E-state index in [-0.39, 0.29) is 0 Å². The van der Waals surface area contributed by atoms with Gasteiger partial charge in [0, 0.05) is 6.07 Å². The van der Waals surface area contributed by atoms with Crippen LogP contribution in [0.4, 0.5) is 0 Å². The minimum Gasteiger partial charge on any atom is -0.161 e. The molecule has 0 saturated heterocycles. The van der Waals surface area contributed by atoms with Gasteiger partial charge in [-0.2, -0.15) is 4.68 Å². The SMILES string of the molecule is CCn1ccc[n+]1CC. The highest BCUT2D eigenvalue weighted by molar-refractivity contribution is 4.70. The zero-order valence-electron chi connectivity index (χ0n) is 6.04. The first-order valence-corrected chi connectivity index (χ1v) is 3.43. The highest BCUT2D eigenvalue weighted by atomic mass is 15.4. The molecule has 0 aliphatic heterocycles. The molecule has 1 aromatic heterocycles. The lowest BCUT2D eigenvalue weighted by molar-refractivity contribution is -0.772. The van der Waals surface area contributed by atoms with Crippen LogP contribution in [0.3, 0.4) is 0 Å². The minimum absolute atomic E-state index is 1.06. The molecule has 0 spiro atoms. The van der Waals surface area contributed by atoms with Crippen LogP contribution in [0.15, 0.2) is 18.5 Å². The van der Waals surface area contributed by atoms with Gasteiger partial charge in [-0.1, -0.05) is 0 Å². The first kappa shape index (κ1) is 6.33. The molecule has 2 heteroatoms. The molecule has 1 aromatic rings. The Morgan fingerprint density at radius 2 is 2.22 bits per heavy atom. The van der Waals surface area contributed by atoms with Crippen LogP contribution in [-0.2, 0) is 13.1 Å². The van der Waals surface area contributed by atoms with Gasteiger partial charge < -0.3 is 0 Å². The maximum atomic E-state index is 2.18. The largest absolute Gasteiger partial charge is 0.195 e. The van der Waals surface area contributed by atoms with Gasteiger partial charge in [-0.05, 0) is 13.8 Å². The summed E-state index contributed by atoms with van der Waals surface area (Å²) in [5.74, 6) is 0. The zero-order valence-corrected chi connectivity index (χ0v) is 6.04. The lowest BCUT2D eigenvalue weighted by atomic mass is 10.7. The van der Waals surface area contributed by atoms with Crippen molar-refractivity contribution in [3.8, 4) is 0 Å². The van der Waals surface area contributed by atoms with Crippen molar-refractivity contribution < 1.29 is 4.68 Å². The number of aryl methyl sites for hydroxylation is 2. The second-order valence-electron chi connectivity index (χ2n) is 2.00. The fourth-order valence-corrected chi connectivity index (χ4v) is 0.983. The van der Waals surface area contributed by atoms with Crippen molar-refractivity contribution in [2.24, 2.45) is 0 Å². The second kappa shape index (κ2) is 2.67. The molecule has 0 aromatic carbocycles. The van der Waals surface area contributed by atoms with Gasteiger partial charge in [-0.3, -0.25) is 0 Å². The number of aromatic nitrogens is 2. The summed E-state index contributed by atoms with van der Waals surface area (Å²) in [6, 6.07) is 2.06. The van der Waals surface area contributed by atoms with E-state index in [1.807, 2.05) is 0 Å². The summed E-state index contributed by atoms with van der Waals surface area (Å²) in [5.41, 5.74) is 0. The molecule has 1 heterocycles. The lowest BCUT2D eigenvalue weighted by Gasteiger charge is -1.93. The van der Waals surface area contributed by atoms with Crippen LogP contribution >= 0.6 is 0 Å². The van der Waals surface area contributed by atoms with Crippen LogP contribution in [0.25, 0.3) is 0 Å². The average molecular weight is 125 g/mol. The van der Waals surface area contributed by atoms with E-state index in [0.717, 1.165) is 13.1 Å². The van der Waals surface area contributed by atoms with Crippen molar-refractivity contribution in [3.05, 3.63) is 18.5 Å². The molecule has 0 saturated carbocycles. The highest BCUT2D eigenvalue weighted by Crippen LogP contribution is 1.80. The molecule has 0 atom stereocenters. The third kappa shape index (κ3) is 1.12. The van der Waals surface area contributed by atoms with Crippen LogP contribution in [0.1, 0.15) is 13.8 Å². The van der Waals surface area contributed by atoms with E-state index in [0.29, 0.717) is 0 Å². The maximum Gasteiger partial charge on any atom is 0.195 e. The molecule has 50 valence electrons. The lowest BCUT2D eigenvalue weighted by Crippen LogP contribution is -2.40. The molecule has 0 aliphatic carbocycles. The molecule has 1 rings (SSSR count). The molecular weight excluding hydrogens is 112 g/mol. The number of hydrogen-bond acceptors (Lipinski definition) is 0. The zero-order chi connectivity index (χ0) is 6.69. The van der Waals surface area contributed by atoms with Crippen molar-refractivity contribution in [1.29, 1.82) is 0 Å². The Kier molecular flexibility index (Phi) is 1.88. The Morgan fingerprint density at radius 3 is 2.67 bits per heavy atom. The highest BCUT2D eigenvalue weighted by Gasteiger charge is 1.99. The van der Waals surface area contributed by atoms with Gasteiger partial charge in [0.25, 0.3) is 0 Å². The average Bonchev–Trinajstić information content (AvgIpc) is 2.33. The Labute approximate surface area is 55.7 Å². The van der Waals surface area contributed by atoms with Crippen LogP contribution in [0.2, 0.25) is 0 Å². The summed E-state index contributed by atoms with van der Waals surface area (Å²) in [6.45, 7) is 6.40. The molecule has 0 N–H and O–H groups in total. The quantitative estimate of drug-likeness (QED) is 0.517. The van der Waals surface area contributed by atoms with Crippen LogP contribution in [-0.4, -0.2) is 4.68 Å². The van der Waals surface area contributed by atoms with E-state index in [9.17, 15) is 0 Å². The Bertz CT molecular complexity index is 160. The molecule has 2 nitrogen and oxygen atoms in total. The van der Waals surface area contributed by atoms with E-state index in [4.69, 9.17) is 0 Å². The number of rotatable bonds is 2. The van der Waals surface area contributed by atoms with Gasteiger partial charge in [0.1, 0.15) is 0 Å². The normalized spacial score (nSPS) is 10.0. The number of hydrogen-bond donors (Lipinski definition) is 0. The van der Waals surface area contributed by atoms with Crippen molar-refractivity contribution in [2.75, 3.05) is 0 Å². The standard InChI is InChI=1S/C7H13N2/c1-3-8-6-5-7-9(8)4-2/h5-7H,3-4H2,1-2H3/q+1. The summed E-state index contributed by atoms with van der Waals surface area (Å²) < 4.78 is 4.36. The predicted octanol–water partition coefficient (Wildman–Crippen LogP) is 0.815. The van der Waals surface area contributed by atoms with E-state index in [1.165, 1.54) is 0 Å². The monoisotopic (exact) mass is 125 g/mol. The van der Waals surface area contributed by atoms with Crippen molar-refractivity contribution >= 4 is 0 Å². The molecular formula is C7H13N2+. The van der Waals surface area contributed by atoms with Crippen molar-refractivity contribution in [1.82, 2.24) is 4.68 Å². The van der Waals surface area contributed by atoms with Crippen molar-refractivity contribution in [2.45, 2.75) is 26.9 Å². The van der Waals surface area contributed by atoms with Crippen LogP contribution in [0.5, 0.6) is 0 Å². The molecule has 0 aliphatic rings. The van der Waals surface area contributed by atoms with Gasteiger partial charge >= 0.3 is 0 Å². The van der Waals surface area contributed by atoms with E-state index < -0.39 is 0 Å².